The number of rotatable bonds is 9. The number of benzene rings is 1. The van der Waals surface area contributed by atoms with Crippen molar-refractivity contribution in [1.82, 2.24) is 9.58 Å². The topological polar surface area (TPSA) is 73.8 Å². The highest BCUT2D eigenvalue weighted by Gasteiger charge is 2.35. The summed E-state index contributed by atoms with van der Waals surface area (Å²) >= 11 is 1.42. The lowest BCUT2D eigenvalue weighted by Gasteiger charge is -2.20. The minimum Gasteiger partial charge on any atom is -0.318 e. The number of carbonyl (C=O) groups excluding carboxylic acids is 1. The number of carbonyl (C=O) groups is 1. The zero-order valence-electron chi connectivity index (χ0n) is 20.5. The second-order valence-electron chi connectivity index (χ2n) is 8.86. The van der Waals surface area contributed by atoms with Gasteiger partial charge in [0.2, 0.25) is 5.17 Å². The molecular weight excluding hydrogens is 442 g/mol. The number of aromatic nitrogens is 1. The van der Waals surface area contributed by atoms with Gasteiger partial charge >= 0.3 is 0 Å². The minimum absolute atomic E-state index is 0.0978. The first-order chi connectivity index (χ1) is 16.4. The lowest BCUT2D eigenvalue weighted by molar-refractivity contribution is -0.114. The molecule has 1 aromatic carbocycles. The molecular formula is C27H33N5OS. The minimum atomic E-state index is -0.375. The molecule has 1 N–H and O–H groups in total. The molecule has 2 aromatic rings. The third kappa shape index (κ3) is 4.94. The Bertz CT molecular complexity index is 1190. The van der Waals surface area contributed by atoms with Gasteiger partial charge in [-0.15, -0.1) is 0 Å². The first-order valence-electron chi connectivity index (χ1n) is 12.2. The lowest BCUT2D eigenvalue weighted by atomic mass is 10.1. The number of thioether (sulfide) groups is 1. The van der Waals surface area contributed by atoms with Gasteiger partial charge in [-0.25, -0.2) is 0 Å². The van der Waals surface area contributed by atoms with E-state index in [9.17, 15) is 4.79 Å². The van der Waals surface area contributed by atoms with Gasteiger partial charge in [0.15, 0.2) is 5.84 Å². The van der Waals surface area contributed by atoms with E-state index in [1.165, 1.54) is 48.0 Å². The number of hydrogen-bond acceptors (Lipinski definition) is 4. The molecule has 1 amide bonds. The van der Waals surface area contributed by atoms with E-state index in [4.69, 9.17) is 5.41 Å². The Kier molecular flexibility index (Phi) is 7.51. The van der Waals surface area contributed by atoms with Gasteiger partial charge in [0.1, 0.15) is 5.04 Å². The van der Waals surface area contributed by atoms with E-state index >= 15 is 0 Å². The van der Waals surface area contributed by atoms with Crippen LogP contribution < -0.4 is 0 Å². The van der Waals surface area contributed by atoms with Gasteiger partial charge in [-0.2, -0.15) is 15.1 Å². The average molecular weight is 476 g/mol. The first kappa shape index (κ1) is 24.2. The van der Waals surface area contributed by atoms with Crippen LogP contribution >= 0.6 is 11.8 Å². The second kappa shape index (κ2) is 10.6. The maximum atomic E-state index is 12.8. The van der Waals surface area contributed by atoms with Crippen LogP contribution in [0.2, 0.25) is 0 Å². The molecule has 0 fully saturated rings. The van der Waals surface area contributed by atoms with Crippen LogP contribution in [0.5, 0.6) is 0 Å². The maximum Gasteiger partial charge on any atom is 0.283 e. The van der Waals surface area contributed by atoms with Gasteiger partial charge in [0, 0.05) is 17.1 Å². The van der Waals surface area contributed by atoms with Crippen LogP contribution in [0.1, 0.15) is 74.9 Å². The van der Waals surface area contributed by atoms with Gasteiger partial charge in [-0.05, 0) is 80.3 Å². The summed E-state index contributed by atoms with van der Waals surface area (Å²) in [6, 6.07) is 10.6. The molecule has 0 aliphatic carbocycles. The molecule has 178 valence electrons. The highest BCUT2D eigenvalue weighted by atomic mass is 32.2. The average Bonchev–Trinajstić information content (AvgIpc) is 3.36. The van der Waals surface area contributed by atoms with E-state index in [1.807, 2.05) is 6.92 Å². The second-order valence-corrected chi connectivity index (χ2v) is 9.90. The number of fused-ring (bicyclic) bond motifs is 1. The number of amides is 1. The molecule has 0 saturated carbocycles. The van der Waals surface area contributed by atoms with E-state index in [0.29, 0.717) is 5.17 Å². The number of aryl methyl sites for hydroxylation is 2. The summed E-state index contributed by atoms with van der Waals surface area (Å²) < 4.78 is 2.18. The molecule has 0 radical (unpaired) electrons. The van der Waals surface area contributed by atoms with Crippen molar-refractivity contribution in [3.8, 4) is 5.69 Å². The van der Waals surface area contributed by atoms with Gasteiger partial charge in [0.05, 0.1) is 5.57 Å². The quantitative estimate of drug-likeness (QED) is 0.326. The molecule has 0 bridgehead atoms. The fraction of sp³-hybridized carbons (Fsp3) is 0.407. The molecule has 7 heteroatoms. The van der Waals surface area contributed by atoms with Crippen molar-refractivity contribution in [2.45, 2.75) is 72.6 Å². The first-order valence-corrected chi connectivity index (χ1v) is 13.0. The largest absolute Gasteiger partial charge is 0.318 e. The van der Waals surface area contributed by atoms with Gasteiger partial charge in [-0.1, -0.05) is 51.7 Å². The van der Waals surface area contributed by atoms with Crippen LogP contribution in [0.25, 0.3) is 11.8 Å². The van der Waals surface area contributed by atoms with Crippen molar-refractivity contribution < 1.29 is 4.79 Å². The zero-order chi connectivity index (χ0) is 24.2. The monoisotopic (exact) mass is 475 g/mol. The van der Waals surface area contributed by atoms with Crippen LogP contribution in [0.3, 0.4) is 0 Å². The van der Waals surface area contributed by atoms with Crippen molar-refractivity contribution in [3.63, 3.8) is 0 Å². The number of hydrazone groups is 1. The number of amidine groups is 2. The smallest absolute Gasteiger partial charge is 0.283 e. The maximum absolute atomic E-state index is 12.8. The van der Waals surface area contributed by atoms with E-state index in [2.05, 4.69) is 65.8 Å². The lowest BCUT2D eigenvalue weighted by Crippen LogP contribution is -2.35. The third-order valence-corrected chi connectivity index (χ3v) is 7.33. The van der Waals surface area contributed by atoms with E-state index in [1.54, 1.807) is 6.08 Å². The molecule has 2 aliphatic heterocycles. The highest BCUT2D eigenvalue weighted by molar-refractivity contribution is 8.26. The Labute approximate surface area is 206 Å². The Morgan fingerprint density at radius 2 is 1.79 bits per heavy atom. The highest BCUT2D eigenvalue weighted by Crippen LogP contribution is 2.31. The number of hydrogen-bond donors (Lipinski definition) is 1. The molecule has 0 atom stereocenters. The molecule has 1 aromatic heterocycles. The van der Waals surface area contributed by atoms with Crippen molar-refractivity contribution >= 4 is 39.8 Å². The fourth-order valence-electron chi connectivity index (χ4n) is 4.38. The summed E-state index contributed by atoms with van der Waals surface area (Å²) in [4.78, 5) is 17.1. The van der Waals surface area contributed by atoms with Gasteiger partial charge in [0.25, 0.3) is 5.91 Å². The molecule has 0 spiro atoms. The molecule has 34 heavy (non-hydrogen) atoms. The van der Waals surface area contributed by atoms with Gasteiger partial charge < -0.3 is 4.57 Å². The number of unbranched alkanes of at least 4 members (excludes halogenated alkanes) is 4. The van der Waals surface area contributed by atoms with E-state index in [-0.39, 0.29) is 17.3 Å². The number of aliphatic imine (C=N–C) groups is 1. The van der Waals surface area contributed by atoms with Crippen LogP contribution in [0.15, 0.2) is 46.0 Å². The molecule has 0 unspecified atom stereocenters. The predicted octanol–water partition coefficient (Wildman–Crippen LogP) is 6.64. The van der Waals surface area contributed by atoms with Crippen LogP contribution in [0, 0.1) is 19.3 Å². The SMILES string of the molecule is CCCCCCCC1=NN2C(=N)/C(=C/c3cc(C)n(-c4ccc(CC)cc4)c3C)C(=O)N=C2S1. The molecule has 6 nitrogen and oxygen atoms in total. The Morgan fingerprint density at radius 1 is 1.06 bits per heavy atom. The summed E-state index contributed by atoms with van der Waals surface area (Å²) in [7, 11) is 0. The van der Waals surface area contributed by atoms with E-state index in [0.717, 1.165) is 46.9 Å². The van der Waals surface area contributed by atoms with Crippen LogP contribution in [-0.2, 0) is 11.2 Å². The summed E-state index contributed by atoms with van der Waals surface area (Å²) in [6.45, 7) is 8.46. The van der Waals surface area contributed by atoms with Crippen LogP contribution in [0.4, 0.5) is 0 Å². The molecule has 2 aliphatic rings. The summed E-state index contributed by atoms with van der Waals surface area (Å²) in [5.41, 5.74) is 5.68. The summed E-state index contributed by atoms with van der Waals surface area (Å²) in [5, 5.41) is 16.2. The van der Waals surface area contributed by atoms with Crippen molar-refractivity contribution in [1.29, 1.82) is 5.41 Å². The summed E-state index contributed by atoms with van der Waals surface area (Å²) in [5.74, 6) is -0.277. The van der Waals surface area contributed by atoms with Crippen molar-refractivity contribution in [2.75, 3.05) is 0 Å². The predicted molar refractivity (Wildman–Crippen MR) is 143 cm³/mol. The normalized spacial score (nSPS) is 16.8. The Hall–Kier alpha value is -2.93. The number of nitrogens with zero attached hydrogens (tertiary/aromatic N) is 4. The van der Waals surface area contributed by atoms with E-state index < -0.39 is 0 Å². The molecule has 3 heterocycles. The molecule has 0 saturated heterocycles. The van der Waals surface area contributed by atoms with Gasteiger partial charge in [-0.3, -0.25) is 10.2 Å². The third-order valence-electron chi connectivity index (χ3n) is 6.36. The van der Waals surface area contributed by atoms with Crippen molar-refractivity contribution in [3.05, 3.63) is 58.4 Å². The molecule has 4 rings (SSSR count). The number of nitrogens with one attached hydrogen (secondary N) is 1. The summed E-state index contributed by atoms with van der Waals surface area (Å²) in [6.07, 6.45) is 9.63. The van der Waals surface area contributed by atoms with Crippen LogP contribution in [-0.4, -0.2) is 31.5 Å². The standard InChI is InChI=1S/C27H33N5OS/c1-5-7-8-9-10-11-24-30-32-25(28)23(26(33)29-27(32)34-24)17-21-16-18(3)31(19(21)4)22-14-12-20(6-2)13-15-22/h12-17,28H,5-11H2,1-4H3/b23-17-,28-25?. The Morgan fingerprint density at radius 3 is 2.50 bits per heavy atom. The van der Waals surface area contributed by atoms with Crippen molar-refractivity contribution in [2.24, 2.45) is 10.1 Å². The zero-order valence-corrected chi connectivity index (χ0v) is 21.3. The fourth-order valence-corrected chi connectivity index (χ4v) is 5.31. The Balaban J connectivity index is 1.55.